The first kappa shape index (κ1) is 12.4. The topological polar surface area (TPSA) is 47.3 Å². The molecule has 1 aliphatic heterocycles. The number of hydrogen-bond donors (Lipinski definition) is 1. The van der Waals surface area contributed by atoms with Crippen LogP contribution >= 0.6 is 15.9 Å². The molecule has 0 radical (unpaired) electrons. The Labute approximate surface area is 110 Å². The van der Waals surface area contributed by atoms with Gasteiger partial charge in [-0.2, -0.15) is 5.26 Å². The van der Waals surface area contributed by atoms with Gasteiger partial charge in [-0.05, 0) is 37.5 Å². The van der Waals surface area contributed by atoms with E-state index in [-0.39, 0.29) is 12.6 Å². The molecule has 0 aliphatic carbocycles. The number of anilines is 1. The molecule has 17 heavy (non-hydrogen) atoms. The number of hydrogen-bond acceptors (Lipinski definition) is 3. The maximum absolute atomic E-state index is 9.42. The van der Waals surface area contributed by atoms with Crippen molar-refractivity contribution in [3.05, 3.63) is 28.2 Å². The van der Waals surface area contributed by atoms with Crippen molar-refractivity contribution in [1.29, 1.82) is 5.26 Å². The average Bonchev–Trinajstić information content (AvgIpc) is 2.38. The van der Waals surface area contributed by atoms with E-state index in [1.165, 1.54) is 0 Å². The van der Waals surface area contributed by atoms with E-state index in [0.717, 1.165) is 36.0 Å². The van der Waals surface area contributed by atoms with Crippen LogP contribution in [0.2, 0.25) is 0 Å². The summed E-state index contributed by atoms with van der Waals surface area (Å²) < 4.78 is 0.966. The molecule has 1 aromatic carbocycles. The Morgan fingerprint density at radius 2 is 2.29 bits per heavy atom. The normalized spacial score (nSPS) is 20.1. The second-order valence-electron chi connectivity index (χ2n) is 4.30. The van der Waals surface area contributed by atoms with Crippen molar-refractivity contribution in [1.82, 2.24) is 0 Å². The molecule has 0 spiro atoms. The van der Waals surface area contributed by atoms with E-state index >= 15 is 0 Å². The summed E-state index contributed by atoms with van der Waals surface area (Å²) in [7, 11) is 0. The van der Waals surface area contributed by atoms with E-state index in [2.05, 4.69) is 26.9 Å². The van der Waals surface area contributed by atoms with Crippen LogP contribution in [0.3, 0.4) is 0 Å². The molecule has 1 aromatic rings. The zero-order valence-electron chi connectivity index (χ0n) is 9.56. The molecule has 3 nitrogen and oxygen atoms in total. The number of nitriles is 1. The van der Waals surface area contributed by atoms with Gasteiger partial charge in [-0.25, -0.2) is 0 Å². The van der Waals surface area contributed by atoms with Crippen LogP contribution in [0.4, 0.5) is 5.69 Å². The smallest absolute Gasteiger partial charge is 0.101 e. The molecule has 1 fully saturated rings. The summed E-state index contributed by atoms with van der Waals surface area (Å²) in [5.41, 5.74) is 1.61. The van der Waals surface area contributed by atoms with Crippen molar-refractivity contribution in [3.63, 3.8) is 0 Å². The average molecular weight is 295 g/mol. The predicted molar refractivity (Wildman–Crippen MR) is 70.9 cm³/mol. The molecule has 1 unspecified atom stereocenters. The van der Waals surface area contributed by atoms with Gasteiger partial charge in [0.2, 0.25) is 0 Å². The SMILES string of the molecule is N#Cc1ccc(Br)cc1N1CCCCC1CO. The third-order valence-electron chi connectivity index (χ3n) is 3.23. The molecular weight excluding hydrogens is 280 g/mol. The van der Waals surface area contributed by atoms with Gasteiger partial charge in [0, 0.05) is 11.0 Å². The van der Waals surface area contributed by atoms with Crippen molar-refractivity contribution in [2.45, 2.75) is 25.3 Å². The third kappa shape index (κ3) is 2.62. The fourth-order valence-electron chi connectivity index (χ4n) is 2.34. The molecule has 4 heteroatoms. The van der Waals surface area contributed by atoms with Crippen LogP contribution in [0.1, 0.15) is 24.8 Å². The maximum Gasteiger partial charge on any atom is 0.101 e. The maximum atomic E-state index is 9.42. The second-order valence-corrected chi connectivity index (χ2v) is 5.21. The molecule has 1 saturated heterocycles. The van der Waals surface area contributed by atoms with E-state index in [1.54, 1.807) is 0 Å². The van der Waals surface area contributed by atoms with E-state index in [0.29, 0.717) is 5.56 Å². The van der Waals surface area contributed by atoms with Gasteiger partial charge in [-0.1, -0.05) is 15.9 Å². The first-order valence-corrected chi connectivity index (χ1v) is 6.62. The zero-order valence-corrected chi connectivity index (χ0v) is 11.2. The van der Waals surface area contributed by atoms with Crippen molar-refractivity contribution in [3.8, 4) is 6.07 Å². The van der Waals surface area contributed by atoms with Crippen LogP contribution in [0.15, 0.2) is 22.7 Å². The van der Waals surface area contributed by atoms with Gasteiger partial charge in [0.25, 0.3) is 0 Å². The van der Waals surface area contributed by atoms with E-state index in [4.69, 9.17) is 5.26 Å². The van der Waals surface area contributed by atoms with Gasteiger partial charge in [0.1, 0.15) is 6.07 Å². The van der Waals surface area contributed by atoms with E-state index < -0.39 is 0 Å². The highest BCUT2D eigenvalue weighted by Gasteiger charge is 2.23. The Morgan fingerprint density at radius 1 is 1.47 bits per heavy atom. The molecule has 1 heterocycles. The Hall–Kier alpha value is -1.05. The molecule has 0 aromatic heterocycles. The van der Waals surface area contributed by atoms with E-state index in [9.17, 15) is 5.11 Å². The fraction of sp³-hybridized carbons (Fsp3) is 0.462. The van der Waals surface area contributed by atoms with Gasteiger partial charge in [0.05, 0.1) is 23.9 Å². The Morgan fingerprint density at radius 3 is 3.00 bits per heavy atom. The largest absolute Gasteiger partial charge is 0.394 e. The highest BCUT2D eigenvalue weighted by molar-refractivity contribution is 9.10. The lowest BCUT2D eigenvalue weighted by Gasteiger charge is -2.37. The highest BCUT2D eigenvalue weighted by Crippen LogP contribution is 2.30. The Balaban J connectivity index is 2.37. The van der Waals surface area contributed by atoms with Crippen molar-refractivity contribution >= 4 is 21.6 Å². The molecule has 0 amide bonds. The minimum atomic E-state index is 0.144. The molecule has 90 valence electrons. The van der Waals surface area contributed by atoms with Gasteiger partial charge in [0.15, 0.2) is 0 Å². The number of halogens is 1. The summed E-state index contributed by atoms with van der Waals surface area (Å²) >= 11 is 3.44. The number of benzene rings is 1. The minimum Gasteiger partial charge on any atom is -0.394 e. The summed E-state index contributed by atoms with van der Waals surface area (Å²) in [6, 6.07) is 8.03. The Kier molecular flexibility index (Phi) is 4.03. The first-order valence-electron chi connectivity index (χ1n) is 5.83. The van der Waals surface area contributed by atoms with Crippen LogP contribution in [-0.4, -0.2) is 24.3 Å². The molecule has 2 rings (SSSR count). The first-order chi connectivity index (χ1) is 8.26. The van der Waals surface area contributed by atoms with Gasteiger partial charge >= 0.3 is 0 Å². The molecule has 1 N–H and O–H groups in total. The second kappa shape index (κ2) is 5.52. The van der Waals surface area contributed by atoms with Crippen LogP contribution < -0.4 is 4.90 Å². The highest BCUT2D eigenvalue weighted by atomic mass is 79.9. The summed E-state index contributed by atoms with van der Waals surface area (Å²) in [5.74, 6) is 0. The number of piperidine rings is 1. The van der Waals surface area contributed by atoms with Crippen molar-refractivity contribution in [2.24, 2.45) is 0 Å². The van der Waals surface area contributed by atoms with Crippen LogP contribution in [0.25, 0.3) is 0 Å². The molecular formula is C13H15BrN2O. The summed E-state index contributed by atoms with van der Waals surface area (Å²) in [6.45, 7) is 1.06. The lowest BCUT2D eigenvalue weighted by atomic mass is 10.0. The van der Waals surface area contributed by atoms with Crippen LogP contribution in [0, 0.1) is 11.3 Å². The van der Waals surface area contributed by atoms with Crippen molar-refractivity contribution in [2.75, 3.05) is 18.1 Å². The van der Waals surface area contributed by atoms with E-state index in [1.807, 2.05) is 18.2 Å². The summed E-state index contributed by atoms with van der Waals surface area (Å²) in [6.07, 6.45) is 3.26. The van der Waals surface area contributed by atoms with Gasteiger partial charge < -0.3 is 10.0 Å². The lowest BCUT2D eigenvalue weighted by Crippen LogP contribution is -2.42. The van der Waals surface area contributed by atoms with Crippen molar-refractivity contribution < 1.29 is 5.11 Å². The quantitative estimate of drug-likeness (QED) is 0.912. The fourth-order valence-corrected chi connectivity index (χ4v) is 2.69. The number of aliphatic hydroxyl groups is 1. The van der Waals surface area contributed by atoms with Crippen LogP contribution in [0.5, 0.6) is 0 Å². The summed E-state index contributed by atoms with van der Waals surface area (Å²) in [4.78, 5) is 2.16. The standard InChI is InChI=1S/C13H15BrN2O/c14-11-5-4-10(8-15)13(7-11)16-6-2-1-3-12(16)9-17/h4-5,7,12,17H,1-3,6,9H2. The Bertz CT molecular complexity index is 442. The predicted octanol–water partition coefficient (Wildman–Crippen LogP) is 2.67. The van der Waals surface area contributed by atoms with Gasteiger partial charge in [-0.15, -0.1) is 0 Å². The minimum absolute atomic E-state index is 0.144. The molecule has 1 aliphatic rings. The summed E-state index contributed by atoms with van der Waals surface area (Å²) in [5, 5.41) is 18.6. The van der Waals surface area contributed by atoms with Gasteiger partial charge in [-0.3, -0.25) is 0 Å². The number of rotatable bonds is 2. The lowest BCUT2D eigenvalue weighted by molar-refractivity contribution is 0.240. The van der Waals surface area contributed by atoms with Crippen LogP contribution in [-0.2, 0) is 0 Å². The monoisotopic (exact) mass is 294 g/mol. The zero-order chi connectivity index (χ0) is 12.3. The molecule has 0 saturated carbocycles. The third-order valence-corrected chi connectivity index (χ3v) is 3.72. The number of nitrogens with zero attached hydrogens (tertiary/aromatic N) is 2. The molecule has 1 atom stereocenters. The number of aliphatic hydroxyl groups excluding tert-OH is 1. The molecule has 0 bridgehead atoms.